The van der Waals surface area contributed by atoms with Gasteiger partial charge in [-0.3, -0.25) is 4.79 Å². The fourth-order valence-corrected chi connectivity index (χ4v) is 2.50. The van der Waals surface area contributed by atoms with Crippen molar-refractivity contribution < 1.29 is 9.18 Å². The first-order chi connectivity index (χ1) is 9.19. The molecule has 2 rings (SSSR count). The maximum atomic E-state index is 13.1. The fraction of sp³-hybridized carbons (Fsp3) is 0.533. The predicted octanol–water partition coefficient (Wildman–Crippen LogP) is 2.32. The molecule has 104 valence electrons. The molecule has 0 spiro atoms. The summed E-state index contributed by atoms with van der Waals surface area (Å²) in [6.07, 6.45) is 2.76. The highest BCUT2D eigenvalue weighted by atomic mass is 19.1. The Bertz CT molecular complexity index is 430. The quantitative estimate of drug-likeness (QED) is 0.885. The van der Waals surface area contributed by atoms with Gasteiger partial charge in [0.05, 0.1) is 0 Å². The Labute approximate surface area is 113 Å². The van der Waals surface area contributed by atoms with E-state index in [9.17, 15) is 9.18 Å². The smallest absolute Gasteiger partial charge is 0.224 e. The van der Waals surface area contributed by atoms with Gasteiger partial charge in [-0.15, -0.1) is 0 Å². The number of nitrogens with zero attached hydrogens (tertiary/aromatic N) is 1. The molecule has 1 fully saturated rings. The molecular weight excluding hydrogens is 243 g/mol. The fourth-order valence-electron chi connectivity index (χ4n) is 2.50. The highest BCUT2D eigenvalue weighted by molar-refractivity contribution is 5.76. The molecule has 0 bridgehead atoms. The summed E-state index contributed by atoms with van der Waals surface area (Å²) in [5, 5.41) is 3.33. The summed E-state index contributed by atoms with van der Waals surface area (Å²) >= 11 is 0. The normalized spacial score (nSPS) is 18.5. The summed E-state index contributed by atoms with van der Waals surface area (Å²) < 4.78 is 13.1. The van der Waals surface area contributed by atoms with Gasteiger partial charge in [0, 0.05) is 25.6 Å². The topological polar surface area (TPSA) is 32.3 Å². The summed E-state index contributed by atoms with van der Waals surface area (Å²) in [4.78, 5) is 14.0. The number of benzene rings is 1. The monoisotopic (exact) mass is 264 g/mol. The van der Waals surface area contributed by atoms with Crippen LogP contribution in [-0.4, -0.2) is 29.9 Å². The second kappa shape index (κ2) is 6.66. The zero-order valence-corrected chi connectivity index (χ0v) is 11.4. The molecule has 1 aromatic rings. The van der Waals surface area contributed by atoms with E-state index in [1.54, 1.807) is 11.0 Å². The lowest BCUT2D eigenvalue weighted by Gasteiger charge is -2.23. The van der Waals surface area contributed by atoms with Crippen LogP contribution >= 0.6 is 0 Å². The lowest BCUT2D eigenvalue weighted by atomic mass is 10.1. The lowest BCUT2D eigenvalue weighted by molar-refractivity contribution is -0.132. The van der Waals surface area contributed by atoms with Crippen LogP contribution < -0.4 is 5.32 Å². The molecule has 3 nitrogen and oxygen atoms in total. The molecule has 0 aromatic heterocycles. The molecule has 19 heavy (non-hydrogen) atoms. The highest BCUT2D eigenvalue weighted by Gasteiger charge is 2.21. The van der Waals surface area contributed by atoms with Crippen molar-refractivity contribution in [2.24, 2.45) is 0 Å². The van der Waals surface area contributed by atoms with Crippen molar-refractivity contribution in [1.82, 2.24) is 10.2 Å². The van der Waals surface area contributed by atoms with Crippen LogP contribution in [0, 0.1) is 5.82 Å². The molecule has 0 radical (unpaired) electrons. The average molecular weight is 264 g/mol. The van der Waals surface area contributed by atoms with E-state index in [2.05, 4.69) is 5.32 Å². The Morgan fingerprint density at radius 1 is 1.53 bits per heavy atom. The number of nitrogens with one attached hydrogen (secondary N) is 1. The molecule has 1 aromatic carbocycles. The zero-order valence-electron chi connectivity index (χ0n) is 11.4. The Balaban J connectivity index is 1.93. The van der Waals surface area contributed by atoms with Crippen LogP contribution in [-0.2, 0) is 11.3 Å². The summed E-state index contributed by atoms with van der Waals surface area (Å²) in [5.41, 5.74) is 0.842. The predicted molar refractivity (Wildman–Crippen MR) is 73.1 cm³/mol. The molecule has 1 N–H and O–H groups in total. The number of carbonyl (C=O) groups is 1. The Morgan fingerprint density at radius 2 is 2.37 bits per heavy atom. The van der Waals surface area contributed by atoms with Gasteiger partial charge in [0.25, 0.3) is 0 Å². The summed E-state index contributed by atoms with van der Waals surface area (Å²) in [6, 6.07) is 6.76. The van der Waals surface area contributed by atoms with Gasteiger partial charge in [0.2, 0.25) is 5.91 Å². The van der Waals surface area contributed by atoms with Crippen molar-refractivity contribution in [2.45, 2.75) is 38.8 Å². The molecule has 0 aliphatic carbocycles. The first kappa shape index (κ1) is 14.0. The van der Waals surface area contributed by atoms with E-state index in [1.807, 2.05) is 13.0 Å². The number of hydrogen-bond acceptors (Lipinski definition) is 2. The van der Waals surface area contributed by atoms with Gasteiger partial charge in [-0.25, -0.2) is 4.39 Å². The van der Waals surface area contributed by atoms with E-state index in [0.717, 1.165) is 24.9 Å². The maximum absolute atomic E-state index is 13.1. The Kier molecular flexibility index (Phi) is 4.91. The van der Waals surface area contributed by atoms with Crippen LogP contribution in [0.4, 0.5) is 4.39 Å². The van der Waals surface area contributed by atoms with E-state index >= 15 is 0 Å². The number of hydrogen-bond donors (Lipinski definition) is 1. The third-order valence-electron chi connectivity index (χ3n) is 3.58. The molecule has 1 heterocycles. The van der Waals surface area contributed by atoms with E-state index in [-0.39, 0.29) is 11.7 Å². The number of rotatable bonds is 5. The Morgan fingerprint density at radius 3 is 3.00 bits per heavy atom. The van der Waals surface area contributed by atoms with Crippen LogP contribution in [0.3, 0.4) is 0 Å². The molecular formula is C15H21FN2O. The second-order valence-corrected chi connectivity index (χ2v) is 5.04. The molecule has 4 heteroatoms. The van der Waals surface area contributed by atoms with Gasteiger partial charge >= 0.3 is 0 Å². The van der Waals surface area contributed by atoms with E-state index in [0.29, 0.717) is 25.6 Å². The minimum atomic E-state index is -0.251. The van der Waals surface area contributed by atoms with Crippen LogP contribution in [0.2, 0.25) is 0 Å². The summed E-state index contributed by atoms with van der Waals surface area (Å²) in [6.45, 7) is 4.11. The van der Waals surface area contributed by atoms with E-state index < -0.39 is 0 Å². The van der Waals surface area contributed by atoms with Crippen molar-refractivity contribution in [3.63, 3.8) is 0 Å². The minimum absolute atomic E-state index is 0.145. The summed E-state index contributed by atoms with van der Waals surface area (Å²) in [5.74, 6) is -0.107. The first-order valence-corrected chi connectivity index (χ1v) is 6.94. The molecule has 1 saturated heterocycles. The zero-order chi connectivity index (χ0) is 13.7. The van der Waals surface area contributed by atoms with Crippen molar-refractivity contribution in [3.05, 3.63) is 35.6 Å². The van der Waals surface area contributed by atoms with Crippen LogP contribution in [0.5, 0.6) is 0 Å². The van der Waals surface area contributed by atoms with E-state index in [4.69, 9.17) is 0 Å². The van der Waals surface area contributed by atoms with Crippen molar-refractivity contribution in [3.8, 4) is 0 Å². The SMILES string of the molecule is CCN(Cc1cccc(F)c1)C(=O)CC1CCCN1. The van der Waals surface area contributed by atoms with Crippen molar-refractivity contribution in [1.29, 1.82) is 0 Å². The van der Waals surface area contributed by atoms with Gasteiger partial charge < -0.3 is 10.2 Å². The van der Waals surface area contributed by atoms with Gasteiger partial charge in [-0.1, -0.05) is 12.1 Å². The van der Waals surface area contributed by atoms with Crippen molar-refractivity contribution >= 4 is 5.91 Å². The molecule has 1 amide bonds. The standard InChI is InChI=1S/C15H21FN2O/c1-2-18(11-12-5-3-6-13(16)9-12)15(19)10-14-7-4-8-17-14/h3,5-6,9,14,17H,2,4,7-8,10-11H2,1H3. The third kappa shape index (κ3) is 4.03. The Hall–Kier alpha value is -1.42. The van der Waals surface area contributed by atoms with Gasteiger partial charge in [0.1, 0.15) is 5.82 Å². The third-order valence-corrected chi connectivity index (χ3v) is 3.58. The van der Waals surface area contributed by atoms with Crippen LogP contribution in [0.15, 0.2) is 24.3 Å². The molecule has 1 aliphatic rings. The minimum Gasteiger partial charge on any atom is -0.339 e. The van der Waals surface area contributed by atoms with E-state index in [1.165, 1.54) is 12.1 Å². The number of carbonyl (C=O) groups excluding carboxylic acids is 1. The molecule has 1 aliphatic heterocycles. The second-order valence-electron chi connectivity index (χ2n) is 5.04. The van der Waals surface area contributed by atoms with Crippen LogP contribution in [0.25, 0.3) is 0 Å². The van der Waals surface area contributed by atoms with Gasteiger partial charge in [-0.2, -0.15) is 0 Å². The van der Waals surface area contributed by atoms with Crippen molar-refractivity contribution in [2.75, 3.05) is 13.1 Å². The maximum Gasteiger partial charge on any atom is 0.224 e. The lowest BCUT2D eigenvalue weighted by Crippen LogP contribution is -2.35. The average Bonchev–Trinajstić information content (AvgIpc) is 2.88. The number of amides is 1. The van der Waals surface area contributed by atoms with Gasteiger partial charge in [0.15, 0.2) is 0 Å². The highest BCUT2D eigenvalue weighted by Crippen LogP contribution is 2.13. The largest absolute Gasteiger partial charge is 0.339 e. The van der Waals surface area contributed by atoms with Gasteiger partial charge in [-0.05, 0) is 44.0 Å². The number of halogens is 1. The molecule has 0 saturated carbocycles. The van der Waals surface area contributed by atoms with Crippen LogP contribution in [0.1, 0.15) is 31.7 Å². The molecule has 1 unspecified atom stereocenters. The first-order valence-electron chi connectivity index (χ1n) is 6.94. The summed E-state index contributed by atoms with van der Waals surface area (Å²) in [7, 11) is 0. The molecule has 1 atom stereocenters.